The van der Waals surface area contributed by atoms with Gasteiger partial charge >= 0.3 is 18.4 Å². The Hall–Kier alpha value is -3.58. The molecule has 0 fully saturated rings. The van der Waals surface area contributed by atoms with Crippen molar-refractivity contribution in [3.8, 4) is 0 Å². The van der Waals surface area contributed by atoms with Crippen LogP contribution in [0.1, 0.15) is 24.5 Å². The highest BCUT2D eigenvalue weighted by Crippen LogP contribution is 2.49. The molecule has 38 heavy (non-hydrogen) atoms. The number of urea groups is 1. The number of amides is 2. The van der Waals surface area contributed by atoms with E-state index < -0.39 is 49.2 Å². The minimum Gasteiger partial charge on any atom is -0.331 e. The van der Waals surface area contributed by atoms with E-state index in [2.05, 4.69) is 10.6 Å². The van der Waals surface area contributed by atoms with E-state index in [0.717, 1.165) is 21.5 Å². The average Bonchev–Trinajstić information content (AvgIpc) is 3.34. The second kappa shape index (κ2) is 11.0. The number of halogens is 6. The molecule has 0 spiro atoms. The van der Waals surface area contributed by atoms with Gasteiger partial charge in [-0.25, -0.2) is 4.79 Å². The Kier molecular flexibility index (Phi) is 7.97. The molecule has 0 unspecified atom stereocenters. The van der Waals surface area contributed by atoms with E-state index in [1.54, 1.807) is 6.92 Å². The molecule has 0 aliphatic heterocycles. The van der Waals surface area contributed by atoms with Gasteiger partial charge < -0.3 is 10.6 Å². The quantitative estimate of drug-likeness (QED) is 0.242. The Morgan fingerprint density at radius 2 is 1.32 bits per heavy atom. The predicted octanol–water partition coefficient (Wildman–Crippen LogP) is 7.58. The highest BCUT2D eigenvalue weighted by molar-refractivity contribution is 7.76. The van der Waals surface area contributed by atoms with E-state index >= 15 is 0 Å². The van der Waals surface area contributed by atoms with Gasteiger partial charge in [0.25, 0.3) is 0 Å². The van der Waals surface area contributed by atoms with E-state index in [9.17, 15) is 31.1 Å². The summed E-state index contributed by atoms with van der Waals surface area (Å²) >= 11 is 0. The first kappa shape index (κ1) is 27.5. The van der Waals surface area contributed by atoms with Crippen molar-refractivity contribution in [3.63, 3.8) is 0 Å². The molecule has 0 heterocycles. The molecule has 10 heteroatoms. The summed E-state index contributed by atoms with van der Waals surface area (Å²) in [6.45, 7) is 1.72. The first-order valence-electron chi connectivity index (χ1n) is 11.6. The molecule has 2 amide bonds. The van der Waals surface area contributed by atoms with Gasteiger partial charge in [0.1, 0.15) is 0 Å². The third kappa shape index (κ3) is 6.45. The second-order valence-electron chi connectivity index (χ2n) is 8.63. The molecule has 2 N–H and O–H groups in total. The lowest BCUT2D eigenvalue weighted by atomic mass is 10.1. The van der Waals surface area contributed by atoms with Crippen LogP contribution < -0.4 is 21.2 Å². The maximum atomic E-state index is 13.2. The molecule has 1 aliphatic rings. The summed E-state index contributed by atoms with van der Waals surface area (Å²) < 4.78 is 79.1. The van der Waals surface area contributed by atoms with Crippen molar-refractivity contribution in [2.45, 2.75) is 31.7 Å². The van der Waals surface area contributed by atoms with Gasteiger partial charge in [0.05, 0.1) is 17.2 Å². The fourth-order valence-corrected chi connectivity index (χ4v) is 6.89. The predicted molar refractivity (Wildman–Crippen MR) is 138 cm³/mol. The lowest BCUT2D eigenvalue weighted by Gasteiger charge is -2.25. The zero-order valence-electron chi connectivity index (χ0n) is 20.1. The van der Waals surface area contributed by atoms with E-state index in [0.29, 0.717) is 18.6 Å². The van der Waals surface area contributed by atoms with Crippen LogP contribution in [-0.2, 0) is 12.4 Å². The summed E-state index contributed by atoms with van der Waals surface area (Å²) in [7, 11) is -0.936. The number of hydrogen-bond donors (Lipinski definition) is 2. The van der Waals surface area contributed by atoms with E-state index in [4.69, 9.17) is 0 Å². The molecule has 3 aromatic rings. The molecule has 3 aromatic carbocycles. The highest BCUT2D eigenvalue weighted by atomic mass is 31.1. The molecule has 0 aromatic heterocycles. The Bertz CT molecular complexity index is 1280. The van der Waals surface area contributed by atoms with Gasteiger partial charge in [-0.05, 0) is 61.0 Å². The molecule has 0 saturated carbocycles. The van der Waals surface area contributed by atoms with Gasteiger partial charge in [-0.15, -0.1) is 0 Å². The van der Waals surface area contributed by atoms with Crippen LogP contribution in [0, 0.1) is 0 Å². The van der Waals surface area contributed by atoms with E-state index in [1.165, 1.54) is 0 Å². The lowest BCUT2D eigenvalue weighted by Crippen LogP contribution is -2.37. The average molecular weight is 548 g/mol. The second-order valence-corrected chi connectivity index (χ2v) is 10.9. The minimum absolute atomic E-state index is 0.0155. The van der Waals surface area contributed by atoms with Gasteiger partial charge in [-0.3, -0.25) is 0 Å². The summed E-state index contributed by atoms with van der Waals surface area (Å²) in [6.07, 6.45) is -5.50. The van der Waals surface area contributed by atoms with Crippen molar-refractivity contribution < 1.29 is 31.1 Å². The van der Waals surface area contributed by atoms with Crippen LogP contribution in [-0.4, -0.2) is 12.1 Å². The monoisotopic (exact) mass is 548 g/mol. The molecule has 0 saturated heterocycles. The first-order chi connectivity index (χ1) is 17.9. The molecule has 198 valence electrons. The number of alkyl halides is 6. The summed E-state index contributed by atoms with van der Waals surface area (Å²) in [5.74, 6) is 0. The number of allylic oxidation sites excluding steroid dienone is 2. The first-order valence-corrected chi connectivity index (χ1v) is 12.9. The van der Waals surface area contributed by atoms with Crippen LogP contribution in [0.5, 0.6) is 0 Å². The van der Waals surface area contributed by atoms with Crippen molar-refractivity contribution in [2.24, 2.45) is 0 Å². The fourth-order valence-electron chi connectivity index (χ4n) is 4.21. The molecular formula is C28H23F6N2OP. The number of benzene rings is 3. The zero-order valence-corrected chi connectivity index (χ0v) is 21.0. The molecule has 0 radical (unpaired) electrons. The smallest absolute Gasteiger partial charge is 0.331 e. The van der Waals surface area contributed by atoms with Gasteiger partial charge in [0.2, 0.25) is 0 Å². The van der Waals surface area contributed by atoms with Crippen molar-refractivity contribution in [2.75, 3.05) is 5.32 Å². The maximum Gasteiger partial charge on any atom is 0.416 e. The molecule has 1 aliphatic carbocycles. The zero-order chi connectivity index (χ0) is 27.5. The van der Waals surface area contributed by atoms with Crippen molar-refractivity contribution in [3.05, 3.63) is 113 Å². The Morgan fingerprint density at radius 1 is 0.816 bits per heavy atom. The third-order valence-electron chi connectivity index (χ3n) is 5.90. The SMILES string of the molecule is C[C@H](NC(=O)Nc1cc(C(F)(F)F)cc(C(F)(F)F)c1)C1=C(P(c2ccccc2)c2ccccc2)CC=C1. The number of nitrogens with one attached hydrogen (secondary N) is 2. The molecule has 1 atom stereocenters. The Morgan fingerprint density at radius 3 is 1.79 bits per heavy atom. The van der Waals surface area contributed by atoms with Crippen molar-refractivity contribution >= 4 is 30.2 Å². The highest BCUT2D eigenvalue weighted by Gasteiger charge is 2.37. The summed E-state index contributed by atoms with van der Waals surface area (Å²) in [5, 5.41) is 8.13. The minimum atomic E-state index is -5.01. The van der Waals surface area contributed by atoms with Crippen LogP contribution in [0.25, 0.3) is 0 Å². The van der Waals surface area contributed by atoms with E-state index in [-0.39, 0.29) is 6.07 Å². The van der Waals surface area contributed by atoms with Crippen LogP contribution >= 0.6 is 7.92 Å². The largest absolute Gasteiger partial charge is 0.416 e. The fraction of sp³-hybridized carbons (Fsp3) is 0.179. The standard InChI is InChI=1S/C28H23F6N2OP/c1-18(35-26(37)36-21-16-19(27(29,30)31)15-20(17-21)28(32,33)34)24-13-8-14-25(24)38(22-9-4-2-5-10-22)23-11-6-3-7-12-23/h2-13,15-18H,14H2,1H3,(H2,35,36,37)/t18-/m0/s1. The van der Waals surface area contributed by atoms with Crippen LogP contribution in [0.15, 0.2) is 102 Å². The summed E-state index contributed by atoms with van der Waals surface area (Å²) in [6, 6.07) is 19.3. The van der Waals surface area contributed by atoms with Crippen LogP contribution in [0.2, 0.25) is 0 Å². The van der Waals surface area contributed by atoms with Gasteiger partial charge in [0.15, 0.2) is 0 Å². The van der Waals surface area contributed by atoms with Crippen LogP contribution in [0.4, 0.5) is 36.8 Å². The van der Waals surface area contributed by atoms with E-state index in [1.807, 2.05) is 72.8 Å². The summed E-state index contributed by atoms with van der Waals surface area (Å²) in [5.41, 5.74) is -2.77. The normalized spacial score (nSPS) is 14.6. The molecular weight excluding hydrogens is 525 g/mol. The van der Waals surface area contributed by atoms with Crippen molar-refractivity contribution in [1.29, 1.82) is 0 Å². The summed E-state index contributed by atoms with van der Waals surface area (Å²) in [4.78, 5) is 12.7. The third-order valence-corrected chi connectivity index (χ3v) is 8.51. The topological polar surface area (TPSA) is 41.1 Å². The van der Waals surface area contributed by atoms with Gasteiger partial charge in [-0.1, -0.05) is 72.8 Å². The van der Waals surface area contributed by atoms with Crippen LogP contribution in [0.3, 0.4) is 0 Å². The number of anilines is 1. The molecule has 3 nitrogen and oxygen atoms in total. The molecule has 4 rings (SSSR count). The number of carbonyl (C=O) groups is 1. The number of rotatable bonds is 6. The maximum absolute atomic E-state index is 13.2. The van der Waals surface area contributed by atoms with Crippen molar-refractivity contribution in [1.82, 2.24) is 5.32 Å². The lowest BCUT2D eigenvalue weighted by molar-refractivity contribution is -0.143. The number of hydrogen-bond acceptors (Lipinski definition) is 1. The molecule has 0 bridgehead atoms. The van der Waals surface area contributed by atoms with Gasteiger partial charge in [-0.2, -0.15) is 26.3 Å². The Balaban J connectivity index is 1.60. The number of carbonyl (C=O) groups excluding carboxylic acids is 1. The Labute approximate surface area is 217 Å². The van der Waals surface area contributed by atoms with Gasteiger partial charge in [0, 0.05) is 5.69 Å².